The average molecular weight is 254 g/mol. The predicted molar refractivity (Wildman–Crippen MR) is 78.9 cm³/mol. The molecule has 0 aliphatic heterocycles. The molecule has 2 bridgehead atoms. The molecule has 2 nitrogen and oxygen atoms in total. The fourth-order valence-electron chi connectivity index (χ4n) is 4.24. The normalized spacial score (nSPS) is 29.4. The molecule has 3 atom stereocenters. The van der Waals surface area contributed by atoms with Gasteiger partial charge in [-0.25, -0.2) is 0 Å². The maximum atomic E-state index is 3.68. The standard InChI is InChI=1S/C17H22N2/c1-3-14-7-12(1)8-16(14)11-18-10-13-2-4-17-15(9-13)5-6-19-17/h2,4-6,9,12,14,16,18-19H,1,3,7-8,10-11H2. The van der Waals surface area contributed by atoms with Gasteiger partial charge in [0.15, 0.2) is 0 Å². The second-order valence-corrected chi connectivity index (χ2v) is 6.47. The highest BCUT2D eigenvalue weighted by molar-refractivity contribution is 5.79. The van der Waals surface area contributed by atoms with Gasteiger partial charge >= 0.3 is 0 Å². The topological polar surface area (TPSA) is 27.8 Å². The minimum absolute atomic E-state index is 0.953. The summed E-state index contributed by atoms with van der Waals surface area (Å²) in [4.78, 5) is 3.25. The maximum absolute atomic E-state index is 3.68. The molecule has 19 heavy (non-hydrogen) atoms. The first-order chi connectivity index (χ1) is 9.38. The van der Waals surface area contributed by atoms with Gasteiger partial charge in [0.05, 0.1) is 0 Å². The molecule has 2 saturated carbocycles. The number of nitrogens with one attached hydrogen (secondary N) is 2. The van der Waals surface area contributed by atoms with Crippen LogP contribution in [0.1, 0.15) is 31.2 Å². The number of hydrogen-bond acceptors (Lipinski definition) is 1. The summed E-state index contributed by atoms with van der Waals surface area (Å²) in [6.07, 6.45) is 8.00. The van der Waals surface area contributed by atoms with Crippen molar-refractivity contribution in [2.45, 2.75) is 32.2 Å². The van der Waals surface area contributed by atoms with Crippen molar-refractivity contribution in [1.82, 2.24) is 10.3 Å². The monoisotopic (exact) mass is 254 g/mol. The van der Waals surface area contributed by atoms with E-state index in [1.165, 1.54) is 48.7 Å². The lowest BCUT2D eigenvalue weighted by atomic mass is 9.89. The molecule has 0 spiro atoms. The van der Waals surface area contributed by atoms with Gasteiger partial charge in [0.2, 0.25) is 0 Å². The van der Waals surface area contributed by atoms with Gasteiger partial charge in [-0.05, 0) is 72.7 Å². The van der Waals surface area contributed by atoms with E-state index >= 15 is 0 Å². The van der Waals surface area contributed by atoms with Crippen molar-refractivity contribution in [3.05, 3.63) is 36.0 Å². The molecule has 2 aromatic rings. The Hall–Kier alpha value is -1.28. The number of H-pyrrole nitrogens is 1. The highest BCUT2D eigenvalue weighted by Gasteiger charge is 2.38. The summed E-state index contributed by atoms with van der Waals surface area (Å²) in [5, 5.41) is 4.99. The lowest BCUT2D eigenvalue weighted by molar-refractivity contribution is 0.318. The van der Waals surface area contributed by atoms with E-state index < -0.39 is 0 Å². The molecule has 0 amide bonds. The zero-order valence-electron chi connectivity index (χ0n) is 11.4. The SMILES string of the molecule is c1cc2cc(CNCC3CC4CCC3C4)ccc2[nH]1. The van der Waals surface area contributed by atoms with Gasteiger partial charge in [0.25, 0.3) is 0 Å². The maximum Gasteiger partial charge on any atom is 0.0454 e. The number of fused-ring (bicyclic) bond motifs is 3. The van der Waals surface area contributed by atoms with Crippen LogP contribution >= 0.6 is 0 Å². The molecule has 1 aromatic heterocycles. The van der Waals surface area contributed by atoms with Crippen LogP contribution in [-0.4, -0.2) is 11.5 Å². The van der Waals surface area contributed by atoms with Crippen LogP contribution < -0.4 is 5.32 Å². The Morgan fingerprint density at radius 1 is 1.16 bits per heavy atom. The van der Waals surface area contributed by atoms with Crippen molar-refractivity contribution in [2.75, 3.05) is 6.54 Å². The molecule has 100 valence electrons. The molecule has 0 radical (unpaired) electrons. The fraction of sp³-hybridized carbons (Fsp3) is 0.529. The molecule has 0 saturated heterocycles. The Labute approximate surface area is 114 Å². The van der Waals surface area contributed by atoms with Gasteiger partial charge in [-0.3, -0.25) is 0 Å². The minimum Gasteiger partial charge on any atom is -0.361 e. The van der Waals surface area contributed by atoms with E-state index in [1.54, 1.807) is 0 Å². The summed E-state index contributed by atoms with van der Waals surface area (Å²) >= 11 is 0. The summed E-state index contributed by atoms with van der Waals surface area (Å²) in [5.74, 6) is 3.05. The van der Waals surface area contributed by atoms with E-state index in [2.05, 4.69) is 34.6 Å². The van der Waals surface area contributed by atoms with Gasteiger partial charge in [-0.15, -0.1) is 0 Å². The van der Waals surface area contributed by atoms with E-state index in [9.17, 15) is 0 Å². The van der Waals surface area contributed by atoms with Crippen molar-refractivity contribution in [1.29, 1.82) is 0 Å². The van der Waals surface area contributed by atoms with Crippen LogP contribution in [0.5, 0.6) is 0 Å². The van der Waals surface area contributed by atoms with E-state index in [4.69, 9.17) is 0 Å². The second kappa shape index (κ2) is 4.68. The molecule has 3 unspecified atom stereocenters. The Morgan fingerprint density at radius 2 is 2.16 bits per heavy atom. The van der Waals surface area contributed by atoms with Crippen molar-refractivity contribution in [3.63, 3.8) is 0 Å². The molecule has 2 N–H and O–H groups in total. The lowest BCUT2D eigenvalue weighted by Crippen LogP contribution is -2.26. The number of aromatic nitrogens is 1. The van der Waals surface area contributed by atoms with Gasteiger partial charge in [0.1, 0.15) is 0 Å². The van der Waals surface area contributed by atoms with Crippen LogP contribution in [0, 0.1) is 17.8 Å². The summed E-state index contributed by atoms with van der Waals surface area (Å²) < 4.78 is 0. The van der Waals surface area contributed by atoms with Crippen LogP contribution in [0.4, 0.5) is 0 Å². The Balaban J connectivity index is 1.34. The van der Waals surface area contributed by atoms with Crippen molar-refractivity contribution in [2.24, 2.45) is 17.8 Å². The first kappa shape index (κ1) is 11.5. The Bertz CT molecular complexity index is 571. The van der Waals surface area contributed by atoms with Crippen LogP contribution in [0.15, 0.2) is 30.5 Å². The third-order valence-electron chi connectivity index (χ3n) is 5.24. The molecule has 4 rings (SSSR count). The molecule has 1 aromatic carbocycles. The molecule has 1 heterocycles. The van der Waals surface area contributed by atoms with Crippen molar-refractivity contribution >= 4 is 10.9 Å². The first-order valence-corrected chi connectivity index (χ1v) is 7.65. The summed E-state index contributed by atoms with van der Waals surface area (Å²) in [6.45, 7) is 2.22. The van der Waals surface area contributed by atoms with E-state index in [1.807, 2.05) is 6.20 Å². The first-order valence-electron chi connectivity index (χ1n) is 7.65. The van der Waals surface area contributed by atoms with Crippen LogP contribution in [0.25, 0.3) is 10.9 Å². The quantitative estimate of drug-likeness (QED) is 0.855. The number of hydrogen-bond donors (Lipinski definition) is 2. The summed E-state index contributed by atoms with van der Waals surface area (Å²) in [5.41, 5.74) is 2.63. The van der Waals surface area contributed by atoms with Crippen molar-refractivity contribution in [3.8, 4) is 0 Å². The number of rotatable bonds is 4. The van der Waals surface area contributed by atoms with Gasteiger partial charge in [-0.2, -0.15) is 0 Å². The average Bonchev–Trinajstić information content (AvgIpc) is 3.14. The highest BCUT2D eigenvalue weighted by atomic mass is 14.9. The molecular formula is C17H22N2. The molecule has 2 heteroatoms. The molecule has 2 fully saturated rings. The van der Waals surface area contributed by atoms with E-state index in [-0.39, 0.29) is 0 Å². The zero-order chi connectivity index (χ0) is 12.7. The second-order valence-electron chi connectivity index (χ2n) is 6.47. The Kier molecular flexibility index (Phi) is 2.84. The predicted octanol–water partition coefficient (Wildman–Crippen LogP) is 3.69. The Morgan fingerprint density at radius 3 is 3.00 bits per heavy atom. The third-order valence-corrected chi connectivity index (χ3v) is 5.24. The highest BCUT2D eigenvalue weighted by Crippen LogP contribution is 2.47. The zero-order valence-corrected chi connectivity index (χ0v) is 11.4. The fourth-order valence-corrected chi connectivity index (χ4v) is 4.24. The third kappa shape index (κ3) is 2.18. The minimum atomic E-state index is 0.953. The smallest absolute Gasteiger partial charge is 0.0454 e. The number of aromatic amines is 1. The number of benzene rings is 1. The van der Waals surface area contributed by atoms with E-state index in [0.29, 0.717) is 0 Å². The van der Waals surface area contributed by atoms with Gasteiger partial charge in [0, 0.05) is 18.3 Å². The van der Waals surface area contributed by atoms with Crippen LogP contribution in [0.2, 0.25) is 0 Å². The summed E-state index contributed by atoms with van der Waals surface area (Å²) in [7, 11) is 0. The van der Waals surface area contributed by atoms with Crippen LogP contribution in [0.3, 0.4) is 0 Å². The molecular weight excluding hydrogens is 232 g/mol. The summed E-state index contributed by atoms with van der Waals surface area (Å²) in [6, 6.07) is 8.85. The van der Waals surface area contributed by atoms with Crippen LogP contribution in [-0.2, 0) is 6.54 Å². The van der Waals surface area contributed by atoms with Gasteiger partial charge < -0.3 is 10.3 Å². The molecule has 2 aliphatic carbocycles. The molecule has 2 aliphatic rings. The largest absolute Gasteiger partial charge is 0.361 e. The van der Waals surface area contributed by atoms with E-state index in [0.717, 1.165) is 24.3 Å². The lowest BCUT2D eigenvalue weighted by Gasteiger charge is -2.21. The van der Waals surface area contributed by atoms with Crippen molar-refractivity contribution < 1.29 is 0 Å². The van der Waals surface area contributed by atoms with Gasteiger partial charge in [-0.1, -0.05) is 12.5 Å².